The highest BCUT2D eigenvalue weighted by molar-refractivity contribution is 9.10. The number of rotatable bonds is 6. The van der Waals surface area contributed by atoms with E-state index in [1.807, 2.05) is 0 Å². The van der Waals surface area contributed by atoms with Crippen LogP contribution in [-0.2, 0) is 6.42 Å². The molecular formula is C28H31BrN2O. The molecule has 4 heteroatoms. The van der Waals surface area contributed by atoms with Gasteiger partial charge in [-0.3, -0.25) is 4.90 Å². The fourth-order valence-corrected chi connectivity index (χ4v) is 4.94. The molecule has 0 amide bonds. The van der Waals surface area contributed by atoms with Gasteiger partial charge in [0.1, 0.15) is 5.75 Å². The van der Waals surface area contributed by atoms with Crippen molar-refractivity contribution in [1.29, 1.82) is 0 Å². The maximum absolute atomic E-state index is 5.63. The maximum atomic E-state index is 5.63. The molecule has 1 atom stereocenters. The number of halogens is 1. The van der Waals surface area contributed by atoms with Crippen LogP contribution < -0.4 is 9.64 Å². The van der Waals surface area contributed by atoms with Crippen molar-refractivity contribution in [1.82, 2.24) is 4.90 Å². The van der Waals surface area contributed by atoms with Crippen molar-refractivity contribution in [3.63, 3.8) is 0 Å². The second kappa shape index (κ2) is 10.4. The summed E-state index contributed by atoms with van der Waals surface area (Å²) in [4.78, 5) is 4.68. The molecule has 3 aromatic rings. The van der Waals surface area contributed by atoms with Crippen molar-refractivity contribution in [2.45, 2.75) is 12.3 Å². The van der Waals surface area contributed by atoms with E-state index in [1.165, 1.54) is 27.9 Å². The summed E-state index contributed by atoms with van der Waals surface area (Å²) in [7, 11) is 5.88. The highest BCUT2D eigenvalue weighted by atomic mass is 79.9. The van der Waals surface area contributed by atoms with Crippen LogP contribution in [-0.4, -0.2) is 45.7 Å². The lowest BCUT2D eigenvalue weighted by molar-refractivity contribution is 0.306. The number of fused-ring (bicyclic) bond motifs is 1. The molecule has 0 saturated carbocycles. The van der Waals surface area contributed by atoms with Crippen LogP contribution in [0, 0.1) is 0 Å². The minimum absolute atomic E-state index is 0.323. The Morgan fingerprint density at radius 1 is 1.06 bits per heavy atom. The number of ether oxygens (including phenoxy) is 1. The Balaban J connectivity index is 1.55. The summed E-state index contributed by atoms with van der Waals surface area (Å²) < 4.78 is 6.65. The summed E-state index contributed by atoms with van der Waals surface area (Å²) in [6.45, 7) is 2.97. The topological polar surface area (TPSA) is 15.7 Å². The number of hydrogen-bond acceptors (Lipinski definition) is 3. The minimum atomic E-state index is 0.323. The van der Waals surface area contributed by atoms with E-state index in [0.29, 0.717) is 5.92 Å². The summed E-state index contributed by atoms with van der Waals surface area (Å²) in [5.74, 6) is 1.22. The van der Waals surface area contributed by atoms with E-state index < -0.39 is 0 Å². The molecule has 0 bridgehead atoms. The van der Waals surface area contributed by atoms with Gasteiger partial charge in [-0.2, -0.15) is 0 Å². The molecule has 0 radical (unpaired) electrons. The molecule has 0 aliphatic carbocycles. The smallest absolute Gasteiger partial charge is 0.133 e. The minimum Gasteiger partial charge on any atom is -0.496 e. The molecule has 0 saturated heterocycles. The third-order valence-corrected chi connectivity index (χ3v) is 6.83. The summed E-state index contributed by atoms with van der Waals surface area (Å²) in [5, 5.41) is 0. The SMILES string of the molecule is COc1cc2c(cc1Br)CCN(C/C=C/c1ccc(N(C)C)cc1)C[C@@H]2c1ccccc1. The normalized spacial score (nSPS) is 16.6. The second-order valence-corrected chi connectivity index (χ2v) is 9.40. The molecule has 3 nitrogen and oxygen atoms in total. The Morgan fingerprint density at radius 2 is 1.81 bits per heavy atom. The molecule has 3 aromatic carbocycles. The Labute approximate surface area is 200 Å². The predicted molar refractivity (Wildman–Crippen MR) is 139 cm³/mol. The Kier molecular flexibility index (Phi) is 7.33. The average molecular weight is 491 g/mol. The first-order chi connectivity index (χ1) is 15.5. The van der Waals surface area contributed by atoms with Gasteiger partial charge in [0.15, 0.2) is 0 Å². The number of anilines is 1. The fourth-order valence-electron chi connectivity index (χ4n) is 4.39. The van der Waals surface area contributed by atoms with Crippen LogP contribution in [0.3, 0.4) is 0 Å². The van der Waals surface area contributed by atoms with Crippen molar-refractivity contribution in [2.24, 2.45) is 0 Å². The van der Waals surface area contributed by atoms with Crippen molar-refractivity contribution >= 4 is 27.7 Å². The van der Waals surface area contributed by atoms with Crippen LogP contribution in [0.4, 0.5) is 5.69 Å². The highest BCUT2D eigenvalue weighted by Crippen LogP contribution is 2.37. The lowest BCUT2D eigenvalue weighted by Gasteiger charge is -2.24. The highest BCUT2D eigenvalue weighted by Gasteiger charge is 2.25. The molecule has 1 aliphatic heterocycles. The molecule has 1 heterocycles. The van der Waals surface area contributed by atoms with Crippen LogP contribution in [0.5, 0.6) is 5.75 Å². The first-order valence-electron chi connectivity index (χ1n) is 11.1. The summed E-state index contributed by atoms with van der Waals surface area (Å²) in [6.07, 6.45) is 5.56. The first kappa shape index (κ1) is 22.6. The molecule has 0 N–H and O–H groups in total. The van der Waals surface area contributed by atoms with Gasteiger partial charge in [-0.25, -0.2) is 0 Å². The van der Waals surface area contributed by atoms with Crippen molar-refractivity contribution in [3.05, 3.63) is 99.5 Å². The quantitative estimate of drug-likeness (QED) is 0.407. The molecular weight excluding hydrogens is 460 g/mol. The van der Waals surface area contributed by atoms with E-state index in [-0.39, 0.29) is 0 Å². The largest absolute Gasteiger partial charge is 0.496 e. The van der Waals surface area contributed by atoms with Crippen LogP contribution in [0.1, 0.15) is 28.2 Å². The zero-order chi connectivity index (χ0) is 22.5. The van der Waals surface area contributed by atoms with Gasteiger partial charge in [0, 0.05) is 45.3 Å². The summed E-state index contributed by atoms with van der Waals surface area (Å²) >= 11 is 3.68. The lowest BCUT2D eigenvalue weighted by atomic mass is 9.88. The molecule has 1 aliphatic rings. The van der Waals surface area contributed by atoms with Crippen LogP contribution in [0.15, 0.2) is 77.3 Å². The molecule has 0 aromatic heterocycles. The number of benzene rings is 3. The monoisotopic (exact) mass is 490 g/mol. The second-order valence-electron chi connectivity index (χ2n) is 8.55. The predicted octanol–water partition coefficient (Wildman–Crippen LogP) is 6.23. The molecule has 0 spiro atoms. The lowest BCUT2D eigenvalue weighted by Crippen LogP contribution is -2.29. The first-order valence-corrected chi connectivity index (χ1v) is 11.9. The van der Waals surface area contributed by atoms with Gasteiger partial charge in [0.25, 0.3) is 0 Å². The van der Waals surface area contributed by atoms with E-state index in [1.54, 1.807) is 7.11 Å². The molecule has 4 rings (SSSR count). The number of methoxy groups -OCH3 is 1. The van der Waals surface area contributed by atoms with Crippen LogP contribution in [0.25, 0.3) is 6.08 Å². The fraction of sp³-hybridized carbons (Fsp3) is 0.286. The molecule has 32 heavy (non-hydrogen) atoms. The molecule has 0 fully saturated rings. The molecule has 166 valence electrons. The van der Waals surface area contributed by atoms with Gasteiger partial charge in [0.2, 0.25) is 0 Å². The maximum Gasteiger partial charge on any atom is 0.133 e. The zero-order valence-electron chi connectivity index (χ0n) is 19.1. The van der Waals surface area contributed by atoms with Crippen molar-refractivity contribution < 1.29 is 4.74 Å². The van der Waals surface area contributed by atoms with Crippen LogP contribution in [0.2, 0.25) is 0 Å². The number of hydrogen-bond donors (Lipinski definition) is 0. The van der Waals surface area contributed by atoms with Gasteiger partial charge in [-0.05, 0) is 68.9 Å². The van der Waals surface area contributed by atoms with Gasteiger partial charge in [-0.1, -0.05) is 54.6 Å². The van der Waals surface area contributed by atoms with E-state index >= 15 is 0 Å². The van der Waals surface area contributed by atoms with Gasteiger partial charge in [0.05, 0.1) is 11.6 Å². The third kappa shape index (κ3) is 5.25. The van der Waals surface area contributed by atoms with E-state index in [2.05, 4.69) is 119 Å². The summed E-state index contributed by atoms with van der Waals surface area (Å²) in [6, 6.07) is 24.0. The van der Waals surface area contributed by atoms with Gasteiger partial charge >= 0.3 is 0 Å². The third-order valence-electron chi connectivity index (χ3n) is 6.21. The Morgan fingerprint density at radius 3 is 2.50 bits per heavy atom. The van der Waals surface area contributed by atoms with Gasteiger partial charge in [-0.15, -0.1) is 0 Å². The van der Waals surface area contributed by atoms with E-state index in [0.717, 1.165) is 36.3 Å². The van der Waals surface area contributed by atoms with Gasteiger partial charge < -0.3 is 9.64 Å². The Hall–Kier alpha value is -2.56. The van der Waals surface area contributed by atoms with Crippen LogP contribution >= 0.6 is 15.9 Å². The standard InChI is InChI=1S/C28H31BrN2O/c1-30(2)24-13-11-21(12-14-24)8-7-16-31-17-15-23-18-27(29)28(32-3)19-25(23)26(20-31)22-9-5-4-6-10-22/h4-14,18-19,26H,15-17,20H2,1-3H3/b8-7+/t26-/m1/s1. The number of nitrogens with zero attached hydrogens (tertiary/aromatic N) is 2. The summed E-state index contributed by atoms with van der Waals surface area (Å²) in [5.41, 5.74) is 6.59. The van der Waals surface area contributed by atoms with E-state index in [4.69, 9.17) is 4.74 Å². The Bertz CT molecular complexity index is 1060. The van der Waals surface area contributed by atoms with Crippen molar-refractivity contribution in [2.75, 3.05) is 45.7 Å². The van der Waals surface area contributed by atoms with E-state index in [9.17, 15) is 0 Å². The molecule has 0 unspecified atom stereocenters. The average Bonchev–Trinajstić information content (AvgIpc) is 2.98. The van der Waals surface area contributed by atoms with Crippen molar-refractivity contribution in [3.8, 4) is 5.75 Å². The zero-order valence-corrected chi connectivity index (χ0v) is 20.7.